The number of hydrogen-bond acceptors (Lipinski definition) is 9. The molecule has 8 rings (SSSR count). The normalized spacial score (nSPS) is 15.7. The van der Waals surface area contributed by atoms with Crippen molar-refractivity contribution in [3.8, 4) is 22.3 Å². The molecular weight excluding hydrogens is 733 g/mol. The molecule has 10 nitrogen and oxygen atoms in total. The highest BCUT2D eigenvalue weighted by Crippen LogP contribution is 2.34. The number of carbonyl (C=O) groups is 1. The van der Waals surface area contributed by atoms with Gasteiger partial charge in [-0.1, -0.05) is 64.5 Å². The van der Waals surface area contributed by atoms with Crippen LogP contribution in [0.1, 0.15) is 128 Å². The van der Waals surface area contributed by atoms with Crippen LogP contribution in [0.25, 0.3) is 44.1 Å². The zero-order chi connectivity index (χ0) is 41.4. The lowest BCUT2D eigenvalue weighted by Gasteiger charge is -2.35. The Balaban J connectivity index is 0.000000184. The second-order valence-corrected chi connectivity index (χ2v) is 17.1. The van der Waals surface area contributed by atoms with Gasteiger partial charge in [-0.3, -0.25) is 14.9 Å². The number of pyridine rings is 2. The molecule has 10 heteroatoms. The van der Waals surface area contributed by atoms with E-state index in [2.05, 4.69) is 54.1 Å². The molecule has 4 heterocycles. The van der Waals surface area contributed by atoms with Gasteiger partial charge in [-0.05, 0) is 136 Å². The molecule has 2 fully saturated rings. The molecule has 2 N–H and O–H groups in total. The van der Waals surface area contributed by atoms with Crippen LogP contribution < -0.4 is 5.73 Å². The number of rotatable bonds is 9. The molecule has 308 valence electrons. The summed E-state index contributed by atoms with van der Waals surface area (Å²) in [6, 6.07) is 20.9. The first-order valence-electron chi connectivity index (χ1n) is 21.8. The molecule has 1 amide bonds. The lowest BCUT2D eigenvalue weighted by molar-refractivity contribution is 0.00924. The second kappa shape index (κ2) is 19.1. The quantitative estimate of drug-likeness (QED) is 0.152. The molecule has 2 aliphatic carbocycles. The standard InChI is InChI=1S/C27H34N4O2.C22H26N4/c1-5-23-22-17-20(19-13-15-28-16-14-19)11-12-24(22)30-25(29-23)18-31(21-9-7-6-8-10-21)26(32)33-27(2,3)4;1-2-19-18-14-17(15-10-12-24-13-11-15)8-9-20(18)26-22(25-19)21(23)16-6-4-3-5-7-16/h11-17,21H,5-10,18H2,1-4H3;8-14,16,21H,2-7,23H2,1H3. The van der Waals surface area contributed by atoms with Gasteiger partial charge in [0, 0.05) is 41.6 Å². The van der Waals surface area contributed by atoms with Crippen molar-refractivity contribution in [2.75, 3.05) is 0 Å². The molecule has 2 aliphatic rings. The number of aromatic nitrogens is 6. The first-order chi connectivity index (χ1) is 28.6. The Morgan fingerprint density at radius 3 is 1.71 bits per heavy atom. The van der Waals surface area contributed by atoms with Crippen LogP contribution in [0.4, 0.5) is 4.79 Å². The molecule has 0 aliphatic heterocycles. The summed E-state index contributed by atoms with van der Waals surface area (Å²) < 4.78 is 5.76. The number of nitrogens with zero attached hydrogens (tertiary/aromatic N) is 7. The number of aryl methyl sites for hydroxylation is 2. The highest BCUT2D eigenvalue weighted by atomic mass is 16.6. The van der Waals surface area contributed by atoms with Gasteiger partial charge in [-0.15, -0.1) is 0 Å². The van der Waals surface area contributed by atoms with Crippen LogP contribution in [0.3, 0.4) is 0 Å². The van der Waals surface area contributed by atoms with Crippen LogP contribution in [-0.4, -0.2) is 52.5 Å². The molecule has 2 saturated carbocycles. The number of carbonyl (C=O) groups excluding carboxylic acids is 1. The van der Waals surface area contributed by atoms with E-state index in [-0.39, 0.29) is 18.2 Å². The zero-order valence-corrected chi connectivity index (χ0v) is 35.5. The van der Waals surface area contributed by atoms with Gasteiger partial charge in [0.15, 0.2) is 0 Å². The Morgan fingerprint density at radius 2 is 1.19 bits per heavy atom. The van der Waals surface area contributed by atoms with Crippen molar-refractivity contribution >= 4 is 27.9 Å². The lowest BCUT2D eigenvalue weighted by Crippen LogP contribution is -2.44. The summed E-state index contributed by atoms with van der Waals surface area (Å²) in [5.74, 6) is 2.01. The maximum atomic E-state index is 13.1. The fourth-order valence-corrected chi connectivity index (χ4v) is 8.58. The monoisotopic (exact) mass is 792 g/mol. The van der Waals surface area contributed by atoms with Crippen LogP contribution >= 0.6 is 0 Å². The lowest BCUT2D eigenvalue weighted by atomic mass is 9.84. The summed E-state index contributed by atoms with van der Waals surface area (Å²) >= 11 is 0. The van der Waals surface area contributed by atoms with Crippen molar-refractivity contribution in [3.05, 3.63) is 108 Å². The minimum absolute atomic E-state index is 0.0510. The average molecular weight is 793 g/mol. The van der Waals surface area contributed by atoms with Crippen LogP contribution in [0, 0.1) is 5.92 Å². The molecule has 2 aromatic carbocycles. The number of benzene rings is 2. The van der Waals surface area contributed by atoms with E-state index in [0.717, 1.165) is 94.2 Å². The van der Waals surface area contributed by atoms with Gasteiger partial charge < -0.3 is 10.5 Å². The van der Waals surface area contributed by atoms with Gasteiger partial charge in [0.1, 0.15) is 17.2 Å². The minimum atomic E-state index is -0.536. The number of amides is 1. The van der Waals surface area contributed by atoms with Gasteiger partial charge in [-0.25, -0.2) is 24.7 Å². The SMILES string of the molecule is CCc1nc(C(N)C2CCCCC2)nc2ccc(-c3ccncc3)cc12.CCc1nc(CN(C(=O)OC(C)(C)C)C2CCCCC2)nc2ccc(-c3ccncc3)cc12. The van der Waals surface area contributed by atoms with Gasteiger partial charge in [0.05, 0.1) is 35.0 Å². The van der Waals surface area contributed by atoms with Gasteiger partial charge >= 0.3 is 6.09 Å². The third-order valence-corrected chi connectivity index (χ3v) is 11.7. The van der Waals surface area contributed by atoms with Crippen molar-refractivity contribution in [2.45, 2.75) is 136 Å². The Hall–Kier alpha value is -5.35. The molecule has 6 aromatic rings. The predicted molar refractivity (Wildman–Crippen MR) is 236 cm³/mol. The topological polar surface area (TPSA) is 133 Å². The molecule has 0 spiro atoms. The first-order valence-corrected chi connectivity index (χ1v) is 21.8. The van der Waals surface area contributed by atoms with Crippen molar-refractivity contribution < 1.29 is 9.53 Å². The van der Waals surface area contributed by atoms with E-state index >= 15 is 0 Å². The predicted octanol–water partition coefficient (Wildman–Crippen LogP) is 11.2. The van der Waals surface area contributed by atoms with Crippen molar-refractivity contribution in [1.29, 1.82) is 0 Å². The number of nitrogens with two attached hydrogens (primary N) is 1. The fraction of sp³-hybridized carbons (Fsp3) is 0.449. The molecule has 59 heavy (non-hydrogen) atoms. The van der Waals surface area contributed by atoms with E-state index in [0.29, 0.717) is 18.3 Å². The third kappa shape index (κ3) is 10.5. The molecular formula is C49H60N8O2. The van der Waals surface area contributed by atoms with E-state index in [9.17, 15) is 4.79 Å². The summed E-state index contributed by atoms with van der Waals surface area (Å²) in [6.07, 6.45) is 20.4. The van der Waals surface area contributed by atoms with Crippen LogP contribution in [0.5, 0.6) is 0 Å². The Bertz CT molecular complexity index is 2320. The Morgan fingerprint density at radius 1 is 0.678 bits per heavy atom. The summed E-state index contributed by atoms with van der Waals surface area (Å²) in [7, 11) is 0. The van der Waals surface area contributed by atoms with E-state index in [1.807, 2.05) is 68.4 Å². The molecule has 4 aromatic heterocycles. The first kappa shape index (κ1) is 41.8. The van der Waals surface area contributed by atoms with E-state index in [1.165, 1.54) is 44.1 Å². The van der Waals surface area contributed by atoms with Crippen LogP contribution in [-0.2, 0) is 24.1 Å². The minimum Gasteiger partial charge on any atom is -0.444 e. The average Bonchev–Trinajstić information content (AvgIpc) is 3.27. The summed E-state index contributed by atoms with van der Waals surface area (Å²) in [4.78, 5) is 42.7. The van der Waals surface area contributed by atoms with Crippen LogP contribution in [0.15, 0.2) is 85.5 Å². The fourth-order valence-electron chi connectivity index (χ4n) is 8.58. The van der Waals surface area contributed by atoms with Gasteiger partial charge in [0.2, 0.25) is 0 Å². The largest absolute Gasteiger partial charge is 0.444 e. The third-order valence-electron chi connectivity index (χ3n) is 11.7. The second-order valence-electron chi connectivity index (χ2n) is 17.1. The maximum Gasteiger partial charge on any atom is 0.410 e. The molecule has 0 radical (unpaired) electrons. The number of ether oxygens (including phenoxy) is 1. The van der Waals surface area contributed by atoms with Crippen molar-refractivity contribution in [3.63, 3.8) is 0 Å². The van der Waals surface area contributed by atoms with Crippen LogP contribution in [0.2, 0.25) is 0 Å². The number of hydrogen-bond donors (Lipinski definition) is 1. The Labute approximate surface area is 349 Å². The van der Waals surface area contributed by atoms with E-state index < -0.39 is 5.60 Å². The van der Waals surface area contributed by atoms with E-state index in [1.54, 1.807) is 12.4 Å². The molecule has 1 unspecified atom stereocenters. The highest BCUT2D eigenvalue weighted by molar-refractivity contribution is 5.87. The van der Waals surface area contributed by atoms with E-state index in [4.69, 9.17) is 30.4 Å². The summed E-state index contributed by atoms with van der Waals surface area (Å²) in [6.45, 7) is 10.4. The Kier molecular flexibility index (Phi) is 13.6. The molecule has 0 saturated heterocycles. The van der Waals surface area contributed by atoms with Gasteiger partial charge in [0.25, 0.3) is 0 Å². The molecule has 0 bridgehead atoms. The van der Waals surface area contributed by atoms with Crippen molar-refractivity contribution in [2.24, 2.45) is 11.7 Å². The maximum absolute atomic E-state index is 13.1. The smallest absolute Gasteiger partial charge is 0.410 e. The van der Waals surface area contributed by atoms with Crippen molar-refractivity contribution in [1.82, 2.24) is 34.8 Å². The summed E-state index contributed by atoms with van der Waals surface area (Å²) in [5, 5.41) is 2.18. The molecule has 1 atom stereocenters. The zero-order valence-electron chi connectivity index (χ0n) is 35.5. The summed E-state index contributed by atoms with van der Waals surface area (Å²) in [5.41, 5.74) is 14.6. The highest BCUT2D eigenvalue weighted by Gasteiger charge is 2.31. The van der Waals surface area contributed by atoms with Gasteiger partial charge in [-0.2, -0.15) is 0 Å². The number of fused-ring (bicyclic) bond motifs is 2.